The summed E-state index contributed by atoms with van der Waals surface area (Å²) in [5.41, 5.74) is -0.145. The lowest BCUT2D eigenvalue weighted by atomic mass is 10.1. The van der Waals surface area contributed by atoms with Crippen LogP contribution in [0.15, 0.2) is 77.7 Å². The van der Waals surface area contributed by atoms with Crippen LogP contribution < -0.4 is 10.0 Å². The van der Waals surface area contributed by atoms with E-state index in [2.05, 4.69) is 10.0 Å². The van der Waals surface area contributed by atoms with Crippen molar-refractivity contribution in [1.82, 2.24) is 4.72 Å². The molecule has 1 atom stereocenters. The lowest BCUT2D eigenvalue weighted by Gasteiger charge is -2.15. The molecule has 0 saturated carbocycles. The smallest absolute Gasteiger partial charge is 0.326 e. The summed E-state index contributed by atoms with van der Waals surface area (Å²) >= 11 is 0. The van der Waals surface area contributed by atoms with E-state index >= 15 is 0 Å². The second kappa shape index (κ2) is 10.4. The van der Waals surface area contributed by atoms with Crippen molar-refractivity contribution in [1.29, 1.82) is 0 Å². The first-order valence-electron chi connectivity index (χ1n) is 10.3. The minimum Gasteiger partial charge on any atom is -0.326 e. The van der Waals surface area contributed by atoms with Gasteiger partial charge in [-0.1, -0.05) is 42.5 Å². The molecule has 0 aliphatic rings. The van der Waals surface area contributed by atoms with E-state index in [9.17, 15) is 30.8 Å². The van der Waals surface area contributed by atoms with E-state index in [0.29, 0.717) is 17.7 Å². The summed E-state index contributed by atoms with van der Waals surface area (Å²) in [5.74, 6) is -1.98. The molecule has 0 heterocycles. The maximum atomic E-state index is 13.4. The van der Waals surface area contributed by atoms with E-state index < -0.39 is 39.5 Å². The average molecular weight is 495 g/mol. The van der Waals surface area contributed by atoms with Gasteiger partial charge in [-0.3, -0.25) is 4.79 Å². The molecule has 10 heteroatoms. The zero-order chi connectivity index (χ0) is 24.9. The number of rotatable bonds is 8. The zero-order valence-electron chi connectivity index (χ0n) is 18.1. The normalized spacial score (nSPS) is 12.9. The van der Waals surface area contributed by atoms with Crippen molar-refractivity contribution in [2.75, 3.05) is 5.32 Å². The van der Waals surface area contributed by atoms with Crippen LogP contribution in [0.3, 0.4) is 0 Å². The Labute approximate surface area is 194 Å². The van der Waals surface area contributed by atoms with E-state index in [0.717, 1.165) is 11.6 Å². The van der Waals surface area contributed by atoms with Crippen LogP contribution in [0.4, 0.5) is 23.2 Å². The lowest BCUT2D eigenvalue weighted by Crippen LogP contribution is -2.26. The van der Waals surface area contributed by atoms with Gasteiger partial charge in [0.25, 0.3) is 0 Å². The Bertz CT molecular complexity index is 1250. The highest BCUT2D eigenvalue weighted by Crippen LogP contribution is 2.33. The first-order valence-corrected chi connectivity index (χ1v) is 11.8. The zero-order valence-corrected chi connectivity index (χ0v) is 18.9. The van der Waals surface area contributed by atoms with Crippen molar-refractivity contribution in [3.8, 4) is 0 Å². The number of hydrogen-bond donors (Lipinski definition) is 2. The fraction of sp³-hybridized carbons (Fsp3) is 0.208. The summed E-state index contributed by atoms with van der Waals surface area (Å²) < 4.78 is 79.7. The largest absolute Gasteiger partial charge is 0.419 e. The van der Waals surface area contributed by atoms with Gasteiger partial charge in [-0.2, -0.15) is 13.2 Å². The fourth-order valence-corrected chi connectivity index (χ4v) is 4.48. The molecule has 1 unspecified atom stereocenters. The van der Waals surface area contributed by atoms with Crippen molar-refractivity contribution in [2.45, 2.75) is 36.9 Å². The minimum absolute atomic E-state index is 0.0614. The molecule has 0 fully saturated rings. The Kier molecular flexibility index (Phi) is 7.73. The molecule has 0 aliphatic carbocycles. The molecule has 5 nitrogen and oxygen atoms in total. The molecule has 2 N–H and O–H groups in total. The molecule has 3 aromatic carbocycles. The number of aryl methyl sites for hydroxylation is 1. The number of benzene rings is 3. The number of carbonyl (C=O) groups excluding carboxylic acids is 1. The highest BCUT2D eigenvalue weighted by Gasteiger charge is 2.34. The molecule has 0 aliphatic heterocycles. The second-order valence-corrected chi connectivity index (χ2v) is 9.35. The summed E-state index contributed by atoms with van der Waals surface area (Å²) in [6.07, 6.45) is -4.71. The number of amides is 1. The Morgan fingerprint density at radius 1 is 0.971 bits per heavy atom. The molecular formula is C24H22F4N2O3S. The van der Waals surface area contributed by atoms with E-state index in [1.807, 2.05) is 30.3 Å². The van der Waals surface area contributed by atoms with E-state index in [1.165, 1.54) is 12.1 Å². The standard InChI is InChI=1S/C24H22F4N2O3S/c1-16(18-5-3-2-4-6-18)30-34(32,33)20-11-7-17(8-12-20)9-14-23(31)29-19-10-13-22(25)21(15-19)24(26,27)28/h2-8,10-13,15-16,30H,9,14H2,1H3,(H,29,31). The summed E-state index contributed by atoms with van der Waals surface area (Å²) in [7, 11) is -3.77. The SMILES string of the molecule is CC(NS(=O)(=O)c1ccc(CCC(=O)Nc2ccc(F)c(C(F)(F)F)c2)cc1)c1ccccc1. The van der Waals surface area contributed by atoms with Crippen LogP contribution in [0.2, 0.25) is 0 Å². The molecule has 34 heavy (non-hydrogen) atoms. The Morgan fingerprint density at radius 3 is 2.24 bits per heavy atom. The molecule has 180 valence electrons. The maximum absolute atomic E-state index is 13.4. The maximum Gasteiger partial charge on any atom is 0.419 e. The average Bonchev–Trinajstić information content (AvgIpc) is 2.79. The number of nitrogens with one attached hydrogen (secondary N) is 2. The number of sulfonamides is 1. The first kappa shape index (κ1) is 25.4. The quantitative estimate of drug-likeness (QED) is 0.409. The molecule has 0 saturated heterocycles. The monoisotopic (exact) mass is 494 g/mol. The van der Waals surface area contributed by atoms with Crippen LogP contribution in [-0.4, -0.2) is 14.3 Å². The molecule has 3 aromatic rings. The molecule has 0 spiro atoms. The molecule has 3 rings (SSSR count). The first-order chi connectivity index (χ1) is 16.0. The summed E-state index contributed by atoms with van der Waals surface area (Å²) in [6, 6.07) is 16.9. The minimum atomic E-state index is -4.87. The number of carbonyl (C=O) groups is 1. The third-order valence-corrected chi connectivity index (χ3v) is 6.62. The molecule has 1 amide bonds. The summed E-state index contributed by atoms with van der Waals surface area (Å²) in [6.45, 7) is 1.73. The molecule has 0 radical (unpaired) electrons. The summed E-state index contributed by atoms with van der Waals surface area (Å²) in [5, 5.41) is 2.31. The Morgan fingerprint density at radius 2 is 1.62 bits per heavy atom. The van der Waals surface area contributed by atoms with Crippen molar-refractivity contribution in [3.63, 3.8) is 0 Å². The van der Waals surface area contributed by atoms with Gasteiger partial charge < -0.3 is 5.32 Å². The number of anilines is 1. The highest BCUT2D eigenvalue weighted by atomic mass is 32.2. The van der Waals surface area contributed by atoms with Gasteiger partial charge in [-0.25, -0.2) is 17.5 Å². The van der Waals surface area contributed by atoms with Crippen LogP contribution in [0.25, 0.3) is 0 Å². The topological polar surface area (TPSA) is 75.3 Å². The molecular weight excluding hydrogens is 472 g/mol. The van der Waals surface area contributed by atoms with Crippen LogP contribution in [0, 0.1) is 5.82 Å². The van der Waals surface area contributed by atoms with Gasteiger partial charge in [0, 0.05) is 18.2 Å². The number of hydrogen-bond acceptors (Lipinski definition) is 3. The fourth-order valence-electron chi connectivity index (χ4n) is 3.25. The van der Waals surface area contributed by atoms with Gasteiger partial charge in [0.05, 0.1) is 10.5 Å². The van der Waals surface area contributed by atoms with Crippen LogP contribution >= 0.6 is 0 Å². The van der Waals surface area contributed by atoms with Crippen molar-refractivity contribution < 1.29 is 30.8 Å². The third-order valence-electron chi connectivity index (χ3n) is 5.06. The van der Waals surface area contributed by atoms with Crippen LogP contribution in [0.5, 0.6) is 0 Å². The van der Waals surface area contributed by atoms with Gasteiger partial charge in [0.15, 0.2) is 0 Å². The van der Waals surface area contributed by atoms with Crippen molar-refractivity contribution in [2.24, 2.45) is 0 Å². The lowest BCUT2D eigenvalue weighted by molar-refractivity contribution is -0.140. The van der Waals surface area contributed by atoms with Gasteiger partial charge in [0.1, 0.15) is 5.82 Å². The van der Waals surface area contributed by atoms with Crippen LogP contribution in [0.1, 0.15) is 36.1 Å². The second-order valence-electron chi connectivity index (χ2n) is 7.64. The van der Waals surface area contributed by atoms with Crippen molar-refractivity contribution >= 4 is 21.6 Å². The predicted molar refractivity (Wildman–Crippen MR) is 120 cm³/mol. The number of halogens is 4. The van der Waals surface area contributed by atoms with E-state index in [1.54, 1.807) is 19.1 Å². The summed E-state index contributed by atoms with van der Waals surface area (Å²) in [4.78, 5) is 12.2. The van der Waals surface area contributed by atoms with Crippen molar-refractivity contribution in [3.05, 3.63) is 95.3 Å². The molecule has 0 bridgehead atoms. The number of alkyl halides is 3. The van der Waals surface area contributed by atoms with Gasteiger partial charge >= 0.3 is 6.18 Å². The van der Waals surface area contributed by atoms with Gasteiger partial charge in [0.2, 0.25) is 15.9 Å². The van der Waals surface area contributed by atoms with Gasteiger partial charge in [-0.15, -0.1) is 0 Å². The Balaban J connectivity index is 1.58. The third kappa shape index (κ3) is 6.64. The van der Waals surface area contributed by atoms with E-state index in [-0.39, 0.29) is 23.4 Å². The van der Waals surface area contributed by atoms with Gasteiger partial charge in [-0.05, 0) is 54.8 Å². The highest BCUT2D eigenvalue weighted by molar-refractivity contribution is 7.89. The van der Waals surface area contributed by atoms with Crippen LogP contribution in [-0.2, 0) is 27.4 Å². The van der Waals surface area contributed by atoms with E-state index in [4.69, 9.17) is 0 Å². The predicted octanol–water partition coefficient (Wildman–Crippen LogP) is 5.46. The molecule has 0 aromatic heterocycles. The Hall–Kier alpha value is -3.24.